The highest BCUT2D eigenvalue weighted by atomic mass is 28.3. The minimum absolute atomic E-state index is 0.395. The number of esters is 2. The van der Waals surface area contributed by atoms with E-state index in [1.165, 1.54) is 103 Å². The van der Waals surface area contributed by atoms with Crippen molar-refractivity contribution in [3.8, 4) is 0 Å². The van der Waals surface area contributed by atoms with Crippen LogP contribution in [0.2, 0.25) is 36.3 Å². The predicted octanol–water partition coefficient (Wildman–Crippen LogP) is 15.2. The van der Waals surface area contributed by atoms with E-state index in [9.17, 15) is 9.59 Å². The first kappa shape index (κ1) is 51.1. The van der Waals surface area contributed by atoms with Gasteiger partial charge in [-0.3, -0.25) is 9.59 Å². The molecule has 0 radical (unpaired) electrons. The third kappa shape index (κ3) is 18.0. The van der Waals surface area contributed by atoms with Crippen LogP contribution in [0.3, 0.4) is 0 Å². The minimum Gasteiger partial charge on any atom is -0.474 e. The number of carbonyl (C=O) groups is 2. The largest absolute Gasteiger partial charge is 0.474 e. The van der Waals surface area contributed by atoms with Crippen LogP contribution in [0.25, 0.3) is 0 Å². The van der Waals surface area contributed by atoms with Gasteiger partial charge in [-0.1, -0.05) is 207 Å². The molecule has 2 aromatic heterocycles. The Balaban J connectivity index is 2.10. The quantitative estimate of drug-likeness (QED) is 0.0295. The van der Waals surface area contributed by atoms with Crippen LogP contribution in [0.5, 0.6) is 0 Å². The Morgan fingerprint density at radius 3 is 1.02 bits per heavy atom. The van der Waals surface area contributed by atoms with E-state index in [1.807, 2.05) is 12.5 Å². The van der Waals surface area contributed by atoms with Crippen molar-refractivity contribution in [3.05, 3.63) is 35.8 Å². The number of rotatable bonds is 36. The Morgan fingerprint density at radius 1 is 0.456 bits per heavy atom. The normalized spacial score (nSPS) is 13.2. The van der Waals surface area contributed by atoms with Gasteiger partial charge >= 0.3 is 11.9 Å². The summed E-state index contributed by atoms with van der Waals surface area (Å²) in [6, 6.07) is 11.1. The van der Waals surface area contributed by atoms with Crippen molar-refractivity contribution in [3.63, 3.8) is 0 Å². The zero-order valence-electron chi connectivity index (χ0n) is 38.4. The molecule has 0 bridgehead atoms. The van der Waals surface area contributed by atoms with Gasteiger partial charge in [-0.05, 0) is 37.8 Å². The van der Waals surface area contributed by atoms with Gasteiger partial charge in [0, 0.05) is 11.1 Å². The van der Waals surface area contributed by atoms with Crippen LogP contribution >= 0.6 is 0 Å². The SMILES string of the molecule is CCCCCCCCCCCCC(OC(=O)CC(=O)OC(CCCCCCCCCCCC)c1coc([Si](CC)(CC)CC)c1)c1coc([Si](CC)(CC)CC)c1. The summed E-state index contributed by atoms with van der Waals surface area (Å²) in [7, 11) is -3.47. The molecular weight excluding hydrogens is 741 g/mol. The van der Waals surface area contributed by atoms with Crippen LogP contribution in [-0.2, 0) is 19.1 Å². The summed E-state index contributed by atoms with van der Waals surface area (Å²) in [5.74, 6) is -1.05. The van der Waals surface area contributed by atoms with Crippen molar-refractivity contribution in [2.75, 3.05) is 0 Å². The first-order chi connectivity index (χ1) is 27.7. The van der Waals surface area contributed by atoms with E-state index in [1.54, 1.807) is 0 Å². The van der Waals surface area contributed by atoms with E-state index in [0.717, 1.165) is 96.7 Å². The molecule has 2 heterocycles. The summed E-state index contributed by atoms with van der Waals surface area (Å²) in [4.78, 5) is 27.1. The third-order valence-corrected chi connectivity index (χ3v) is 24.3. The fourth-order valence-corrected chi connectivity index (χ4v) is 15.5. The monoisotopic (exact) mass is 829 g/mol. The van der Waals surface area contributed by atoms with Gasteiger partial charge in [0.05, 0.1) is 23.3 Å². The highest BCUT2D eigenvalue weighted by Gasteiger charge is 2.35. The van der Waals surface area contributed by atoms with Gasteiger partial charge in [-0.25, -0.2) is 0 Å². The van der Waals surface area contributed by atoms with Crippen molar-refractivity contribution in [2.24, 2.45) is 0 Å². The molecule has 0 N–H and O–H groups in total. The Morgan fingerprint density at radius 2 is 0.737 bits per heavy atom. The molecule has 2 unspecified atom stereocenters. The van der Waals surface area contributed by atoms with Gasteiger partial charge in [0.1, 0.15) is 34.8 Å². The predicted molar refractivity (Wildman–Crippen MR) is 246 cm³/mol. The molecule has 2 rings (SSSR count). The van der Waals surface area contributed by atoms with Crippen molar-refractivity contribution >= 4 is 38.9 Å². The molecule has 0 saturated carbocycles. The summed E-state index contributed by atoms with van der Waals surface area (Å²) in [5.41, 5.74) is 1.85. The van der Waals surface area contributed by atoms with E-state index in [2.05, 4.69) is 67.5 Å². The average Bonchev–Trinajstić information content (AvgIpc) is 3.92. The molecule has 2 aromatic rings. The molecule has 0 fully saturated rings. The Labute approximate surface area is 352 Å². The Hall–Kier alpha value is -2.07. The van der Waals surface area contributed by atoms with Gasteiger partial charge in [0.2, 0.25) is 0 Å². The van der Waals surface area contributed by atoms with Gasteiger partial charge in [0.15, 0.2) is 0 Å². The molecule has 2 atom stereocenters. The summed E-state index contributed by atoms with van der Waals surface area (Å²) >= 11 is 0. The van der Waals surface area contributed by atoms with Crippen molar-refractivity contribution in [1.82, 2.24) is 0 Å². The van der Waals surface area contributed by atoms with Crippen LogP contribution in [0.4, 0.5) is 0 Å². The molecule has 6 nitrogen and oxygen atoms in total. The lowest BCUT2D eigenvalue weighted by molar-refractivity contribution is -0.161. The zero-order valence-corrected chi connectivity index (χ0v) is 40.4. The van der Waals surface area contributed by atoms with Gasteiger partial charge in [-0.15, -0.1) is 0 Å². The van der Waals surface area contributed by atoms with Crippen LogP contribution in [-0.4, -0.2) is 28.1 Å². The number of furan rings is 2. The molecule has 0 saturated heterocycles. The van der Waals surface area contributed by atoms with Crippen molar-refractivity contribution in [2.45, 2.75) is 252 Å². The van der Waals surface area contributed by atoms with E-state index in [-0.39, 0.29) is 0 Å². The highest BCUT2D eigenvalue weighted by Crippen LogP contribution is 2.31. The molecule has 0 aromatic carbocycles. The highest BCUT2D eigenvalue weighted by molar-refractivity contribution is 6.91. The summed E-state index contributed by atoms with van der Waals surface area (Å²) in [6.07, 6.45) is 28.8. The second-order valence-corrected chi connectivity index (χ2v) is 27.6. The third-order valence-electron chi connectivity index (χ3n) is 13.6. The topological polar surface area (TPSA) is 78.9 Å². The molecule has 0 aliphatic carbocycles. The first-order valence-electron chi connectivity index (χ1n) is 24.3. The van der Waals surface area contributed by atoms with Gasteiger partial charge in [-0.2, -0.15) is 0 Å². The van der Waals surface area contributed by atoms with E-state index >= 15 is 0 Å². The lowest BCUT2D eigenvalue weighted by Crippen LogP contribution is -2.44. The Kier molecular flexibility index (Phi) is 26.9. The molecule has 8 heteroatoms. The van der Waals surface area contributed by atoms with Crippen LogP contribution in [0, 0.1) is 0 Å². The second kappa shape index (κ2) is 30.0. The fraction of sp³-hybridized carbons (Fsp3) is 0.796. The lowest BCUT2D eigenvalue weighted by Gasteiger charge is -2.25. The molecule has 0 spiro atoms. The summed E-state index contributed by atoms with van der Waals surface area (Å²) in [5, 5.41) is 2.20. The first-order valence-corrected chi connectivity index (χ1v) is 29.5. The van der Waals surface area contributed by atoms with Crippen molar-refractivity contribution in [1.29, 1.82) is 0 Å². The second-order valence-electron chi connectivity index (χ2n) is 17.2. The maximum atomic E-state index is 13.5. The minimum atomic E-state index is -1.73. The molecule has 328 valence electrons. The molecular formula is C49H88O6Si2. The average molecular weight is 829 g/mol. The molecule has 0 aliphatic heterocycles. The number of ether oxygens (including phenoxy) is 2. The lowest BCUT2D eigenvalue weighted by atomic mass is 10.0. The van der Waals surface area contributed by atoms with Crippen LogP contribution in [0.1, 0.15) is 226 Å². The van der Waals surface area contributed by atoms with Crippen LogP contribution < -0.4 is 10.8 Å². The van der Waals surface area contributed by atoms with E-state index in [4.69, 9.17) is 18.3 Å². The van der Waals surface area contributed by atoms with E-state index < -0.39 is 46.7 Å². The zero-order chi connectivity index (χ0) is 41.8. The van der Waals surface area contributed by atoms with Crippen molar-refractivity contribution < 1.29 is 27.9 Å². The number of carbonyl (C=O) groups excluding carboxylic acids is 2. The van der Waals surface area contributed by atoms with E-state index in [0.29, 0.717) is 0 Å². The molecule has 0 amide bonds. The standard InChI is InChI=1S/C49H88O6Si2/c1-9-17-19-21-23-25-27-29-31-33-35-44(42-37-48(52-40-42)56(11-3,12-4)13-5)54-46(50)39-47(51)55-45(36-34-32-30-28-26-24-22-20-18-10-2)43-38-49(53-41-43)57(14-6,15-7)16-8/h37-38,40-41,44-45H,9-36,39H2,1-8H3. The molecule has 57 heavy (non-hydrogen) atoms. The van der Waals surface area contributed by atoms with Gasteiger partial charge in [0.25, 0.3) is 0 Å². The van der Waals surface area contributed by atoms with Crippen LogP contribution in [0.15, 0.2) is 33.5 Å². The van der Waals surface area contributed by atoms with Gasteiger partial charge < -0.3 is 18.3 Å². The number of hydrogen-bond donors (Lipinski definition) is 0. The maximum absolute atomic E-state index is 13.5. The number of hydrogen-bond acceptors (Lipinski definition) is 6. The Bertz CT molecular complexity index is 1190. The fourth-order valence-electron chi connectivity index (χ4n) is 8.88. The summed E-state index contributed by atoms with van der Waals surface area (Å²) in [6.45, 7) is 18.2. The molecule has 0 aliphatic rings. The number of unbranched alkanes of at least 4 members (excludes halogenated alkanes) is 18. The summed E-state index contributed by atoms with van der Waals surface area (Å²) < 4.78 is 24.8. The smallest absolute Gasteiger partial charge is 0.317 e. The maximum Gasteiger partial charge on any atom is 0.317 e.